The van der Waals surface area contributed by atoms with Gasteiger partial charge in [-0.3, -0.25) is 19.0 Å². The van der Waals surface area contributed by atoms with Crippen LogP contribution in [0.15, 0.2) is 6.33 Å². The van der Waals surface area contributed by atoms with Gasteiger partial charge < -0.3 is 33.8 Å². The normalized spacial score (nSPS) is 22.8. The van der Waals surface area contributed by atoms with Gasteiger partial charge in [0, 0.05) is 20.8 Å². The van der Waals surface area contributed by atoms with Crippen LogP contribution in [0.4, 0.5) is 5.82 Å². The molecular weight excluding hydrogens is 410 g/mol. The maximum atomic E-state index is 12.2. The van der Waals surface area contributed by atoms with Gasteiger partial charge in [0.1, 0.15) is 12.7 Å². The highest BCUT2D eigenvalue weighted by atomic mass is 16.7. The molecule has 0 bridgehead atoms. The number of nitro groups is 1. The van der Waals surface area contributed by atoms with Gasteiger partial charge in [-0.15, -0.1) is 0 Å². The van der Waals surface area contributed by atoms with Crippen LogP contribution >= 0.6 is 0 Å². The van der Waals surface area contributed by atoms with Crippen LogP contribution in [-0.2, 0) is 38.1 Å². The van der Waals surface area contributed by atoms with E-state index in [1.807, 2.05) is 0 Å². The molecule has 14 nitrogen and oxygen atoms in total. The Labute approximate surface area is 169 Å². The van der Waals surface area contributed by atoms with Crippen molar-refractivity contribution in [2.24, 2.45) is 0 Å². The molecule has 1 saturated heterocycles. The Morgan fingerprint density at radius 3 is 2.23 bits per heavy atom. The van der Waals surface area contributed by atoms with E-state index in [2.05, 4.69) is 9.72 Å². The summed E-state index contributed by atoms with van der Waals surface area (Å²) >= 11 is 0. The fourth-order valence-corrected chi connectivity index (χ4v) is 2.89. The number of ether oxygens (including phenoxy) is 5. The zero-order chi connectivity index (χ0) is 22.6. The van der Waals surface area contributed by atoms with Crippen LogP contribution < -0.4 is 0 Å². The average molecular weight is 429 g/mol. The summed E-state index contributed by atoms with van der Waals surface area (Å²) in [6, 6.07) is 0. The maximum absolute atomic E-state index is 12.2. The van der Waals surface area contributed by atoms with E-state index < -0.39 is 64.9 Å². The van der Waals surface area contributed by atoms with Crippen molar-refractivity contribution in [3.05, 3.63) is 22.1 Å². The zero-order valence-corrected chi connectivity index (χ0v) is 16.4. The number of hydrogen-bond donors (Lipinski definition) is 0. The molecule has 164 valence electrons. The fraction of sp³-hybridized carbons (Fsp3) is 0.562. The van der Waals surface area contributed by atoms with Crippen LogP contribution in [0.2, 0.25) is 0 Å². The van der Waals surface area contributed by atoms with E-state index in [0.717, 1.165) is 38.8 Å². The van der Waals surface area contributed by atoms with Gasteiger partial charge in [-0.25, -0.2) is 4.79 Å². The lowest BCUT2D eigenvalue weighted by atomic mass is 10.1. The van der Waals surface area contributed by atoms with Crippen LogP contribution in [0.1, 0.15) is 37.5 Å². The van der Waals surface area contributed by atoms with Gasteiger partial charge >= 0.3 is 29.7 Å². The van der Waals surface area contributed by atoms with Gasteiger partial charge in [0.15, 0.2) is 18.4 Å². The van der Waals surface area contributed by atoms with E-state index in [1.165, 1.54) is 0 Å². The van der Waals surface area contributed by atoms with Crippen LogP contribution in [0, 0.1) is 10.1 Å². The van der Waals surface area contributed by atoms with Crippen LogP contribution in [0.3, 0.4) is 0 Å². The summed E-state index contributed by atoms with van der Waals surface area (Å²) in [5.74, 6) is -4.11. The predicted molar refractivity (Wildman–Crippen MR) is 91.9 cm³/mol. The molecule has 0 N–H and O–H groups in total. The Morgan fingerprint density at radius 1 is 1.13 bits per heavy atom. The Bertz CT molecular complexity index is 865. The molecule has 1 aromatic rings. The Morgan fingerprint density at radius 2 is 1.73 bits per heavy atom. The van der Waals surface area contributed by atoms with Crippen molar-refractivity contribution in [3.8, 4) is 0 Å². The first-order valence-corrected chi connectivity index (χ1v) is 8.49. The molecule has 14 heteroatoms. The molecule has 30 heavy (non-hydrogen) atoms. The Hall–Kier alpha value is -3.55. The third-order valence-electron chi connectivity index (χ3n) is 3.94. The van der Waals surface area contributed by atoms with Gasteiger partial charge in [-0.1, -0.05) is 0 Å². The summed E-state index contributed by atoms with van der Waals surface area (Å²) < 4.78 is 26.5. The second kappa shape index (κ2) is 9.30. The number of esters is 4. The number of rotatable bonds is 7. The number of imidazole rings is 1. The molecule has 0 radical (unpaired) electrons. The summed E-state index contributed by atoms with van der Waals surface area (Å²) in [5.41, 5.74) is -0.584. The van der Waals surface area contributed by atoms with Gasteiger partial charge in [0.05, 0.1) is 7.11 Å². The number of carbonyl (C=O) groups is 4. The molecular formula is C16H19N3O11. The predicted octanol–water partition coefficient (Wildman–Crippen LogP) is -0.0982. The molecule has 0 spiro atoms. The van der Waals surface area contributed by atoms with Crippen molar-refractivity contribution >= 4 is 29.7 Å². The van der Waals surface area contributed by atoms with Crippen molar-refractivity contribution in [3.63, 3.8) is 0 Å². The first kappa shape index (κ1) is 22.7. The summed E-state index contributed by atoms with van der Waals surface area (Å²) in [4.78, 5) is 60.5. The first-order chi connectivity index (χ1) is 14.1. The standard InChI is InChI=1S/C16H19N3O11/c1-7(20)27-5-10-12(28-8(2)21)13(29-9(3)22)15(30-10)18-6-17-14(19(24)25)11(18)16(23)26-4/h6,10,12-13,15H,5H2,1-4H3/t10-,12-,13-,15-/m1/s1. The molecule has 0 saturated carbocycles. The highest BCUT2D eigenvalue weighted by molar-refractivity contribution is 5.91. The van der Waals surface area contributed by atoms with Gasteiger partial charge in [0.25, 0.3) is 0 Å². The van der Waals surface area contributed by atoms with Crippen LogP contribution in [0.25, 0.3) is 0 Å². The smallest absolute Gasteiger partial charge is 0.396 e. The first-order valence-electron chi connectivity index (χ1n) is 8.49. The average Bonchev–Trinajstić information content (AvgIpc) is 3.21. The van der Waals surface area contributed by atoms with Crippen molar-refractivity contribution in [2.45, 2.75) is 45.3 Å². The number of nitrogens with zero attached hydrogens (tertiary/aromatic N) is 3. The van der Waals surface area contributed by atoms with E-state index in [9.17, 15) is 29.3 Å². The second-order valence-corrected chi connectivity index (χ2v) is 6.09. The van der Waals surface area contributed by atoms with Gasteiger partial charge in [0.2, 0.25) is 12.0 Å². The van der Waals surface area contributed by atoms with E-state index in [4.69, 9.17) is 18.9 Å². The lowest BCUT2D eigenvalue weighted by molar-refractivity contribution is -0.389. The van der Waals surface area contributed by atoms with E-state index in [1.54, 1.807) is 0 Å². The minimum absolute atomic E-state index is 0.383. The molecule has 1 aromatic heterocycles. The summed E-state index contributed by atoms with van der Waals surface area (Å²) in [6.45, 7) is 2.94. The molecule has 0 aliphatic carbocycles. The van der Waals surface area contributed by atoms with Crippen molar-refractivity contribution in [2.75, 3.05) is 13.7 Å². The number of methoxy groups -OCH3 is 1. The zero-order valence-electron chi connectivity index (χ0n) is 16.4. The number of aromatic nitrogens is 2. The third kappa shape index (κ3) is 4.89. The summed E-state index contributed by atoms with van der Waals surface area (Å²) in [6.07, 6.45) is -4.16. The SMILES string of the molecule is COC(=O)c1c([N+](=O)[O-])ncn1[C@@H]1O[C@H](COC(C)=O)[C@@H](OC(C)=O)[C@H]1OC(C)=O. The Balaban J connectivity index is 2.54. The monoisotopic (exact) mass is 429 g/mol. The van der Waals surface area contributed by atoms with Gasteiger partial charge in [-0.2, -0.15) is 0 Å². The lowest BCUT2D eigenvalue weighted by Gasteiger charge is -2.23. The lowest BCUT2D eigenvalue weighted by Crippen LogP contribution is -2.40. The maximum Gasteiger partial charge on any atom is 0.396 e. The second-order valence-electron chi connectivity index (χ2n) is 6.09. The largest absolute Gasteiger partial charge is 0.464 e. The molecule has 1 fully saturated rings. The number of carbonyl (C=O) groups excluding carboxylic acids is 4. The van der Waals surface area contributed by atoms with E-state index in [0.29, 0.717) is 0 Å². The number of hydrogen-bond acceptors (Lipinski definition) is 12. The summed E-state index contributed by atoms with van der Waals surface area (Å²) in [5, 5.41) is 11.3. The summed E-state index contributed by atoms with van der Waals surface area (Å²) in [7, 11) is 1.01. The molecule has 1 aliphatic rings. The van der Waals surface area contributed by atoms with E-state index in [-0.39, 0.29) is 6.61 Å². The van der Waals surface area contributed by atoms with Crippen molar-refractivity contribution < 1.29 is 47.8 Å². The van der Waals surface area contributed by atoms with Crippen LogP contribution in [0.5, 0.6) is 0 Å². The topological polar surface area (TPSA) is 175 Å². The van der Waals surface area contributed by atoms with Crippen LogP contribution in [-0.4, -0.2) is 70.4 Å². The fourth-order valence-electron chi connectivity index (χ4n) is 2.89. The molecule has 2 heterocycles. The molecule has 4 atom stereocenters. The highest BCUT2D eigenvalue weighted by Crippen LogP contribution is 2.36. The van der Waals surface area contributed by atoms with Gasteiger partial charge in [-0.05, 0) is 9.91 Å². The molecule has 1 aliphatic heterocycles. The quantitative estimate of drug-likeness (QED) is 0.244. The minimum atomic E-state index is -1.38. The highest BCUT2D eigenvalue weighted by Gasteiger charge is 2.52. The minimum Gasteiger partial charge on any atom is -0.464 e. The molecule has 0 aromatic carbocycles. The third-order valence-corrected chi connectivity index (χ3v) is 3.94. The molecule has 2 rings (SSSR count). The van der Waals surface area contributed by atoms with Crippen molar-refractivity contribution in [1.82, 2.24) is 9.55 Å². The molecule has 0 unspecified atom stereocenters. The van der Waals surface area contributed by atoms with Crippen molar-refractivity contribution in [1.29, 1.82) is 0 Å². The van der Waals surface area contributed by atoms with E-state index >= 15 is 0 Å². The Kier molecular flexibility index (Phi) is 7.05. The molecule has 0 amide bonds.